The van der Waals surface area contributed by atoms with Crippen molar-refractivity contribution in [3.63, 3.8) is 0 Å². The van der Waals surface area contributed by atoms with Crippen molar-refractivity contribution in [2.75, 3.05) is 6.61 Å². The first-order valence-electron chi connectivity index (χ1n) is 6.58. The first-order chi connectivity index (χ1) is 9.32. The minimum atomic E-state index is -1.84. The van der Waals surface area contributed by atoms with Gasteiger partial charge in [0.2, 0.25) is 0 Å². The lowest BCUT2D eigenvalue weighted by atomic mass is 9.57. The molecule has 9 nitrogen and oxygen atoms in total. The summed E-state index contributed by atoms with van der Waals surface area (Å²) in [5.74, 6) is -2.21. The second-order valence-corrected chi connectivity index (χ2v) is 6.20. The van der Waals surface area contributed by atoms with Crippen LogP contribution in [0.5, 0.6) is 0 Å². The molecule has 0 aromatic rings. The fraction of sp³-hybridized carbons (Fsp3) is 0.909. The number of aliphatic hydroxyl groups is 4. The maximum Gasteiger partial charge on any atom is 0.343 e. The van der Waals surface area contributed by atoms with E-state index in [0.29, 0.717) is 6.42 Å². The van der Waals surface area contributed by atoms with E-state index in [1.807, 2.05) is 0 Å². The molecule has 112 valence electrons. The minimum Gasteiger partial charge on any atom is -0.393 e. The van der Waals surface area contributed by atoms with Crippen molar-refractivity contribution in [3.05, 3.63) is 0 Å². The molecule has 5 aliphatic rings. The van der Waals surface area contributed by atoms with Crippen molar-refractivity contribution in [2.45, 2.75) is 48.4 Å². The largest absolute Gasteiger partial charge is 0.393 e. The summed E-state index contributed by atoms with van der Waals surface area (Å²) >= 11 is 0. The molecule has 4 bridgehead atoms. The van der Waals surface area contributed by atoms with E-state index in [2.05, 4.69) is 10.3 Å². The molecule has 4 fully saturated rings. The Morgan fingerprint density at radius 2 is 2.15 bits per heavy atom. The van der Waals surface area contributed by atoms with Crippen LogP contribution in [0, 0.1) is 5.92 Å². The molecule has 7 atom stereocenters. The smallest absolute Gasteiger partial charge is 0.343 e. The predicted octanol–water partition coefficient (Wildman–Crippen LogP) is -5.38. The Hall–Kier alpha value is -0.970. The Balaban J connectivity index is 1.85. The highest BCUT2D eigenvalue weighted by Gasteiger charge is 2.76. The molecule has 4 heterocycles. The Morgan fingerprint density at radius 1 is 1.40 bits per heavy atom. The Bertz CT molecular complexity index is 503. The van der Waals surface area contributed by atoms with E-state index < -0.39 is 48.1 Å². The normalized spacial score (nSPS) is 59.9. The number of nitrogens with one attached hydrogen (secondary N) is 2. The summed E-state index contributed by atoms with van der Waals surface area (Å²) < 4.78 is 10.8. The molecule has 8 N–H and O–H groups in total. The van der Waals surface area contributed by atoms with Crippen LogP contribution in [0.2, 0.25) is 0 Å². The van der Waals surface area contributed by atoms with Crippen molar-refractivity contribution in [2.24, 2.45) is 11.7 Å². The summed E-state index contributed by atoms with van der Waals surface area (Å²) in [6, 6.07) is 0. The van der Waals surface area contributed by atoms with E-state index in [1.165, 1.54) is 0 Å². The monoisotopic (exact) mass is 288 g/mol. The van der Waals surface area contributed by atoms with Crippen LogP contribution < -0.4 is 16.0 Å². The number of aliphatic hydroxyl groups excluding tert-OH is 2. The van der Waals surface area contributed by atoms with Gasteiger partial charge in [0.15, 0.2) is 6.23 Å². The van der Waals surface area contributed by atoms with E-state index >= 15 is 0 Å². The molecule has 0 radical (unpaired) electrons. The quantitative estimate of drug-likeness (QED) is 0.252. The highest BCUT2D eigenvalue weighted by Crippen LogP contribution is 2.57. The zero-order chi connectivity index (χ0) is 14.3. The summed E-state index contributed by atoms with van der Waals surface area (Å²) in [6.45, 7) is -0.586. The summed E-state index contributed by atoms with van der Waals surface area (Å²) in [4.78, 5) is 2.65. The number of hydrogen-bond donors (Lipinski definition) is 7. The lowest BCUT2D eigenvalue weighted by Gasteiger charge is -2.66. The molecule has 1 spiro atoms. The van der Waals surface area contributed by atoms with Crippen LogP contribution in [0.15, 0.2) is 0 Å². The first kappa shape index (κ1) is 12.7. The van der Waals surface area contributed by atoms with Gasteiger partial charge in [-0.1, -0.05) is 0 Å². The highest BCUT2D eigenvalue weighted by atomic mass is 16.8. The van der Waals surface area contributed by atoms with Gasteiger partial charge in [0.1, 0.15) is 23.3 Å². The van der Waals surface area contributed by atoms with Crippen LogP contribution in [-0.2, 0) is 9.47 Å². The van der Waals surface area contributed by atoms with Crippen LogP contribution in [0.3, 0.4) is 0 Å². The van der Waals surface area contributed by atoms with Crippen LogP contribution in [0.4, 0.5) is 0 Å². The van der Waals surface area contributed by atoms with E-state index in [4.69, 9.17) is 15.2 Å². The summed E-state index contributed by atoms with van der Waals surface area (Å²) in [5.41, 5.74) is 3.32. The van der Waals surface area contributed by atoms with Crippen LogP contribution in [-0.4, -0.2) is 68.5 Å². The Kier molecular flexibility index (Phi) is 2.19. The van der Waals surface area contributed by atoms with Crippen molar-refractivity contribution in [1.29, 1.82) is 0 Å². The van der Waals surface area contributed by atoms with Gasteiger partial charge in [-0.25, -0.2) is 0 Å². The molecule has 7 unspecified atom stereocenters. The van der Waals surface area contributed by atoms with E-state index in [1.54, 1.807) is 0 Å². The maximum absolute atomic E-state index is 10.6. The maximum atomic E-state index is 10.6. The molecular weight excluding hydrogens is 270 g/mol. The SMILES string of the molecule is NC1=[NH+]C(O)C2C3OC4(O)CC2(CC(O4)C3(O)CO)N1. The number of rotatable bonds is 1. The van der Waals surface area contributed by atoms with Gasteiger partial charge < -0.3 is 29.9 Å². The molecule has 5 rings (SSSR count). The molecule has 0 aromatic carbocycles. The Morgan fingerprint density at radius 3 is 2.85 bits per heavy atom. The fourth-order valence-corrected chi connectivity index (χ4v) is 4.26. The second-order valence-electron chi connectivity index (χ2n) is 6.20. The average Bonchev–Trinajstić information content (AvgIpc) is 2.32. The molecule has 20 heavy (non-hydrogen) atoms. The zero-order valence-electron chi connectivity index (χ0n) is 10.6. The van der Waals surface area contributed by atoms with Gasteiger partial charge in [-0.05, 0) is 0 Å². The molecule has 4 aliphatic heterocycles. The summed E-state index contributed by atoms with van der Waals surface area (Å²) in [5, 5.41) is 43.7. The van der Waals surface area contributed by atoms with E-state index in [0.717, 1.165) is 0 Å². The standard InChI is InChI=1S/C11H17N3O6/c12-8-13-7(16)5-6-10(17,3-15)4-1-9(5,14-8)2-11(18,19-4)20-6/h4-7,15-18H,1-3H2,(H3,12,13,14)/p+1. The fourth-order valence-electron chi connectivity index (χ4n) is 4.26. The number of hydrogen-bond acceptors (Lipinski definition) is 8. The van der Waals surface area contributed by atoms with Gasteiger partial charge in [-0.3, -0.25) is 16.0 Å². The number of guanidine groups is 1. The van der Waals surface area contributed by atoms with Crippen LogP contribution in [0.1, 0.15) is 12.8 Å². The summed E-state index contributed by atoms with van der Waals surface area (Å²) in [6.07, 6.45) is -2.44. The predicted molar refractivity (Wildman–Crippen MR) is 61.5 cm³/mol. The van der Waals surface area contributed by atoms with E-state index in [-0.39, 0.29) is 12.4 Å². The average molecular weight is 288 g/mol. The molecule has 0 aromatic heterocycles. The lowest BCUT2D eigenvalue weighted by Crippen LogP contribution is -2.98. The third-order valence-electron chi connectivity index (χ3n) is 5.02. The van der Waals surface area contributed by atoms with E-state index in [9.17, 15) is 20.4 Å². The van der Waals surface area contributed by atoms with Gasteiger partial charge >= 0.3 is 5.96 Å². The topological polar surface area (TPSA) is 151 Å². The number of nitrogens with two attached hydrogens (primary N) is 1. The molecule has 9 heteroatoms. The van der Waals surface area contributed by atoms with Crippen LogP contribution >= 0.6 is 0 Å². The van der Waals surface area contributed by atoms with Gasteiger partial charge in [-0.2, -0.15) is 0 Å². The van der Waals surface area contributed by atoms with Gasteiger partial charge in [0.05, 0.1) is 18.9 Å². The summed E-state index contributed by atoms with van der Waals surface area (Å²) in [7, 11) is 0. The molecule has 1 saturated carbocycles. The van der Waals surface area contributed by atoms with Crippen LogP contribution in [0.25, 0.3) is 0 Å². The van der Waals surface area contributed by atoms with Crippen molar-refractivity contribution in [1.82, 2.24) is 5.32 Å². The zero-order valence-corrected chi connectivity index (χ0v) is 10.6. The lowest BCUT2D eigenvalue weighted by molar-refractivity contribution is -0.608. The molecular formula is C11H18N3O6+. The highest BCUT2D eigenvalue weighted by molar-refractivity contribution is 5.73. The third-order valence-corrected chi connectivity index (χ3v) is 5.02. The Labute approximate surface area is 114 Å². The van der Waals surface area contributed by atoms with Crippen molar-refractivity contribution in [3.8, 4) is 0 Å². The number of ether oxygens (including phenoxy) is 2. The van der Waals surface area contributed by atoms with Gasteiger partial charge in [0.25, 0.3) is 5.97 Å². The molecule has 3 saturated heterocycles. The third kappa shape index (κ3) is 1.30. The second kappa shape index (κ2) is 3.43. The minimum absolute atomic E-state index is 0.0820. The molecule has 0 amide bonds. The van der Waals surface area contributed by atoms with Gasteiger partial charge in [0, 0.05) is 6.42 Å². The first-order valence-corrected chi connectivity index (χ1v) is 6.58. The van der Waals surface area contributed by atoms with Crippen molar-refractivity contribution < 1.29 is 34.9 Å². The van der Waals surface area contributed by atoms with Crippen molar-refractivity contribution >= 4 is 5.96 Å². The molecule has 1 aliphatic carbocycles. The van der Waals surface area contributed by atoms with Gasteiger partial charge in [-0.15, -0.1) is 0 Å².